The number of aliphatic imine (C=N–C) groups is 1. The molecule has 5 aliphatic heterocycles. The van der Waals surface area contributed by atoms with E-state index in [0.29, 0.717) is 35.7 Å². The number of ether oxygens (including phenoxy) is 3. The molecule has 2 aliphatic carbocycles. The van der Waals surface area contributed by atoms with Gasteiger partial charge in [0.25, 0.3) is 11.5 Å². The molecule has 3 saturated heterocycles. The lowest BCUT2D eigenvalue weighted by molar-refractivity contribution is -0.0613. The molecule has 3 aromatic carbocycles. The monoisotopic (exact) mass is 1730 g/mol. The van der Waals surface area contributed by atoms with E-state index < -0.39 is 171 Å². The van der Waals surface area contributed by atoms with Gasteiger partial charge in [0, 0.05) is 99.9 Å². The molecule has 15 rings (SSSR count). The van der Waals surface area contributed by atoms with Crippen molar-refractivity contribution in [3.63, 3.8) is 0 Å². The Morgan fingerprint density at radius 2 is 1.30 bits per heavy atom. The average Bonchev–Trinajstić information content (AvgIpc) is 1.56. The summed E-state index contributed by atoms with van der Waals surface area (Å²) < 4.78 is 157. The summed E-state index contributed by atoms with van der Waals surface area (Å²) in [5.41, 5.74) is 18.6. The first-order chi connectivity index (χ1) is 56.2. The molecule has 8 aromatic rings. The molecule has 630 valence electrons. The summed E-state index contributed by atoms with van der Waals surface area (Å²) in [7, 11) is -21.1. The van der Waals surface area contributed by atoms with Gasteiger partial charge in [-0.1, -0.05) is 24.3 Å². The predicted octanol–water partition coefficient (Wildman–Crippen LogP) is 3.90. The number of nitrogen functional groups attached to an aromatic ring is 1. The number of aryl methyl sites for hydroxylation is 1. The van der Waals surface area contributed by atoms with Crippen molar-refractivity contribution in [2.24, 2.45) is 56.3 Å². The number of H-pyrrole nitrogens is 1. The minimum absolute atomic E-state index is 0.0324. The van der Waals surface area contributed by atoms with Gasteiger partial charge in [-0.15, -0.1) is 0 Å². The lowest BCUT2D eigenvalue weighted by Gasteiger charge is -2.38. The van der Waals surface area contributed by atoms with Gasteiger partial charge in [0.2, 0.25) is 10.0 Å². The number of furan rings is 1. The maximum Gasteiger partial charge on any atom is 0.472 e. The molecule has 10 heterocycles. The molecule has 118 heavy (non-hydrogen) atoms. The lowest BCUT2D eigenvalue weighted by Crippen LogP contribution is -2.42. The summed E-state index contributed by atoms with van der Waals surface area (Å²) in [5.74, 6) is -1.46. The highest BCUT2D eigenvalue weighted by molar-refractivity contribution is 7.89. The summed E-state index contributed by atoms with van der Waals surface area (Å²) in [6.07, 6.45) is -6.40. The number of phosphoric ester groups is 4. The van der Waals surface area contributed by atoms with Gasteiger partial charge in [-0.3, -0.25) is 64.5 Å². The summed E-state index contributed by atoms with van der Waals surface area (Å²) in [5, 5.41) is 16.5. The molecule has 49 heteroatoms. The number of fused-ring (bicyclic) bond motifs is 7. The fraction of sp³-hybridized carbons (Fsp3) is 0.435. The number of nitrogens with one attached hydrogen (secondary N) is 4. The van der Waals surface area contributed by atoms with E-state index in [4.69, 9.17) is 77.1 Å². The van der Waals surface area contributed by atoms with E-state index in [1.807, 2.05) is 37.2 Å². The summed E-state index contributed by atoms with van der Waals surface area (Å²) >= 11 is 0. The van der Waals surface area contributed by atoms with E-state index in [-0.39, 0.29) is 94.9 Å². The van der Waals surface area contributed by atoms with Crippen LogP contribution in [-0.2, 0) is 85.3 Å². The number of guanidine groups is 1. The van der Waals surface area contributed by atoms with E-state index in [1.54, 1.807) is 54.9 Å². The highest BCUT2D eigenvalue weighted by atomic mass is 32.2. The topological polar surface area (TPSA) is 603 Å². The quantitative estimate of drug-likeness (QED) is 0.0205. The van der Waals surface area contributed by atoms with Crippen LogP contribution in [0.4, 0.5) is 17.3 Å². The Hall–Kier alpha value is -9.08. The van der Waals surface area contributed by atoms with E-state index in [9.17, 15) is 65.4 Å². The number of nitrogens with two attached hydrogens (primary N) is 3. The molecule has 2 bridgehead atoms. The number of carbonyl (C=O) groups is 1. The number of rotatable bonds is 33. The number of nitrogens with zero attached hydrogens (tertiary/aromatic N) is 11. The molecular formula is C69H82N18O26P4S. The molecule has 0 radical (unpaired) electrons. The SMILES string of the molecule is Cc1cn([C@H]2CC(OP(=O)(O)OC[C@H]3O[C@@H](n4cnc5c4N=C(N)NC5N)CC3OP(=O)(O)OC[C@H]3O[C@@H](n4ccc(N)nc4=O)CC3OP(=O)(O)OCc3ccco3)[C@@H](COP(=O)(O)OCC3CC4CC3C3C(c5ccc(C(=O)NCCNS(=O)(=O)c6ccc7cc(N(C)C)ccc7c6)cc5)=NN=C(c5ncccn5)C43)O2)c(=O)[nH]c1=O. The molecule has 13 unspecified atom stereocenters. The van der Waals surface area contributed by atoms with Crippen molar-refractivity contribution in [1.82, 2.24) is 54.0 Å². The van der Waals surface area contributed by atoms with Crippen LogP contribution in [0, 0.1) is 36.5 Å². The van der Waals surface area contributed by atoms with Gasteiger partial charge in [-0.2, -0.15) is 20.2 Å². The largest absolute Gasteiger partial charge is 0.472 e. The van der Waals surface area contributed by atoms with Crippen LogP contribution in [0.25, 0.3) is 10.8 Å². The van der Waals surface area contributed by atoms with Crippen molar-refractivity contribution in [3.05, 3.63) is 188 Å². The van der Waals surface area contributed by atoms with E-state index in [1.165, 1.54) is 54.5 Å². The van der Waals surface area contributed by atoms with Crippen LogP contribution in [0.15, 0.2) is 161 Å². The first-order valence-corrected chi connectivity index (χ1v) is 44.3. The Kier molecular flexibility index (Phi) is 24.3. The Labute approximate surface area is 669 Å². The van der Waals surface area contributed by atoms with Crippen molar-refractivity contribution < 1.29 is 106 Å². The number of aromatic nitrogens is 8. The zero-order valence-corrected chi connectivity index (χ0v) is 67.2. The third kappa shape index (κ3) is 18.9. The molecule has 5 aromatic heterocycles. The Bertz CT molecular complexity index is 5710. The second kappa shape index (κ2) is 34.2. The van der Waals surface area contributed by atoms with E-state index in [0.717, 1.165) is 31.8 Å². The molecule has 5 fully saturated rings. The summed E-state index contributed by atoms with van der Waals surface area (Å²) in [6, 6.07) is 23.1. The van der Waals surface area contributed by atoms with Crippen molar-refractivity contribution in [2.45, 2.75) is 112 Å². The first kappa shape index (κ1) is 84.0. The number of hydrogen-bond donors (Lipinski definition) is 11. The minimum Gasteiger partial charge on any atom is -0.467 e. The van der Waals surface area contributed by atoms with Crippen molar-refractivity contribution in [1.29, 1.82) is 0 Å². The highest BCUT2D eigenvalue weighted by Crippen LogP contribution is 2.60. The number of aromatic amines is 1. The van der Waals surface area contributed by atoms with E-state index in [2.05, 4.69) is 50.4 Å². The first-order valence-electron chi connectivity index (χ1n) is 36.9. The van der Waals surface area contributed by atoms with Gasteiger partial charge < -0.3 is 70.9 Å². The van der Waals surface area contributed by atoms with Crippen LogP contribution in [-0.4, -0.2) is 180 Å². The maximum absolute atomic E-state index is 14.4. The summed E-state index contributed by atoms with van der Waals surface area (Å²) in [4.78, 5) is 123. The number of hydrogen-bond acceptors (Lipinski definition) is 34. The molecule has 14 N–H and O–H groups in total. The average molecular weight is 1740 g/mol. The zero-order chi connectivity index (χ0) is 83.3. The van der Waals surface area contributed by atoms with Crippen molar-refractivity contribution in [2.75, 3.05) is 64.2 Å². The fourth-order valence-electron chi connectivity index (χ4n) is 15.6. The van der Waals surface area contributed by atoms with Gasteiger partial charge in [0.15, 0.2) is 17.6 Å². The van der Waals surface area contributed by atoms with Crippen LogP contribution in [0.3, 0.4) is 0 Å². The summed E-state index contributed by atoms with van der Waals surface area (Å²) in [6.45, 7) is -2.41. The van der Waals surface area contributed by atoms with Crippen molar-refractivity contribution >= 4 is 92.7 Å². The zero-order valence-electron chi connectivity index (χ0n) is 62.8. The van der Waals surface area contributed by atoms with Crippen LogP contribution in [0.2, 0.25) is 0 Å². The van der Waals surface area contributed by atoms with Crippen LogP contribution in [0.5, 0.6) is 0 Å². The van der Waals surface area contributed by atoms with Crippen LogP contribution >= 0.6 is 31.3 Å². The Morgan fingerprint density at radius 3 is 1.94 bits per heavy atom. The number of carbonyl (C=O) groups excluding carboxylic acids is 1. The lowest BCUT2D eigenvalue weighted by atomic mass is 9.68. The third-order valence-corrected chi connectivity index (χ3v) is 26.5. The third-order valence-electron chi connectivity index (χ3n) is 21.1. The standard InChI is InChI=1S/C69H82N18O26P4S/c1-36-29-86(69(91)81-65(36)88)55-27-48(112-116(96,97)107-34-52-49(28-56(110-52)87-35-76-61-62(71)79-67(72)80-64(61)87)113-117(98,99)106-33-51-47(111-115(94,95)104-31-44-6-4-21-102-44)26-54(108-51)85-20-15-53(70)78-68(85)90)50(109-55)32-105-114(92,93)103-30-42-22-41-25-46(42)58-57(41)60(63-73-16-5-17-74-63)83-82-59(58)37-7-9-38(10-8-37)66(89)75-18-19-77-118(100,101)45-14-12-39-23-43(84(2)3)13-11-40(39)24-45/h4-17,20-21,23-24,29,35,41-42,46-52,54-58,62,77H,18-19,22,25-28,30-34,71H2,1-3H3,(H,75,89)(H,92,93)(H,94,95)(H,96,97)(H,98,99)(H2,70,78,90)(H3,72,79,80)(H,81,88,91)/t41?,42?,46?,47?,48?,49?,50-,51-,52-,54-,55-,56-,57?,58?,62?/m1/s1. The number of benzene rings is 3. The Morgan fingerprint density at radius 1 is 0.686 bits per heavy atom. The van der Waals surface area contributed by atoms with Gasteiger partial charge in [-0.25, -0.2) is 55.9 Å². The van der Waals surface area contributed by atoms with Crippen LogP contribution in [0.1, 0.15) is 95.7 Å². The van der Waals surface area contributed by atoms with E-state index >= 15 is 0 Å². The maximum atomic E-state index is 14.4. The van der Waals surface area contributed by atoms with Gasteiger partial charge in [0.05, 0.1) is 49.6 Å². The highest BCUT2D eigenvalue weighted by Gasteiger charge is 2.58. The molecule has 0 spiro atoms. The predicted molar refractivity (Wildman–Crippen MR) is 413 cm³/mol. The number of imidazole rings is 1. The second-order valence-corrected chi connectivity index (χ2v) is 36.4. The smallest absolute Gasteiger partial charge is 0.467 e. The second-order valence-electron chi connectivity index (χ2n) is 29.0. The molecular weight excluding hydrogens is 1650 g/mol. The molecule has 2 saturated carbocycles. The minimum atomic E-state index is -5.49. The normalized spacial score (nSPS) is 27.4. The Balaban J connectivity index is 0.604. The molecule has 44 nitrogen and oxygen atoms in total. The molecule has 19 atom stereocenters. The fourth-order valence-corrected chi connectivity index (χ4v) is 20.3. The number of anilines is 2. The molecule has 1 amide bonds. The molecule has 7 aliphatic rings. The van der Waals surface area contributed by atoms with Gasteiger partial charge in [-0.05, 0) is 115 Å². The number of phosphoric acid groups is 4. The van der Waals surface area contributed by atoms with Crippen molar-refractivity contribution in [3.8, 4) is 0 Å². The number of sulfonamides is 1. The van der Waals surface area contributed by atoms with Crippen LogP contribution < -0.4 is 54.4 Å². The number of amides is 1. The van der Waals surface area contributed by atoms with Gasteiger partial charge >= 0.3 is 42.7 Å². The van der Waals surface area contributed by atoms with Gasteiger partial charge in [0.1, 0.15) is 91.1 Å².